The number of halogens is 2. The number of rotatable bonds is 8. The van der Waals surface area contributed by atoms with Crippen molar-refractivity contribution in [3.63, 3.8) is 0 Å². The molecular formula is C15H25Cl2N3. The van der Waals surface area contributed by atoms with Crippen molar-refractivity contribution >= 4 is 23.2 Å². The summed E-state index contributed by atoms with van der Waals surface area (Å²) in [6, 6.07) is 0.708. The van der Waals surface area contributed by atoms with Gasteiger partial charge in [0.2, 0.25) is 0 Å². The van der Waals surface area contributed by atoms with E-state index in [-0.39, 0.29) is 0 Å². The monoisotopic (exact) mass is 317 g/mol. The first-order valence-electron chi connectivity index (χ1n) is 7.75. The van der Waals surface area contributed by atoms with Crippen LogP contribution in [0.5, 0.6) is 0 Å². The van der Waals surface area contributed by atoms with Gasteiger partial charge in [-0.1, -0.05) is 24.9 Å². The third-order valence-corrected chi connectivity index (χ3v) is 4.92. The Morgan fingerprint density at radius 2 is 2.10 bits per heavy atom. The van der Waals surface area contributed by atoms with E-state index in [0.717, 1.165) is 49.1 Å². The highest BCUT2D eigenvalue weighted by atomic mass is 35.5. The van der Waals surface area contributed by atoms with Gasteiger partial charge >= 0.3 is 0 Å². The number of hydrogen-bond acceptors (Lipinski definition) is 2. The predicted molar refractivity (Wildman–Crippen MR) is 85.7 cm³/mol. The van der Waals surface area contributed by atoms with E-state index in [0.29, 0.717) is 6.04 Å². The Morgan fingerprint density at radius 3 is 2.60 bits per heavy atom. The van der Waals surface area contributed by atoms with Crippen molar-refractivity contribution in [3.05, 3.63) is 16.4 Å². The number of aryl methyl sites for hydroxylation is 2. The van der Waals surface area contributed by atoms with Gasteiger partial charge in [-0.25, -0.2) is 0 Å². The fourth-order valence-corrected chi connectivity index (χ4v) is 3.21. The van der Waals surface area contributed by atoms with Crippen molar-refractivity contribution in [1.29, 1.82) is 0 Å². The second-order valence-corrected chi connectivity index (χ2v) is 6.23. The predicted octanol–water partition coefficient (Wildman–Crippen LogP) is 4.10. The van der Waals surface area contributed by atoms with Crippen molar-refractivity contribution in [2.24, 2.45) is 0 Å². The van der Waals surface area contributed by atoms with Crippen LogP contribution in [0.3, 0.4) is 0 Å². The van der Waals surface area contributed by atoms with Crippen LogP contribution in [0.4, 0.5) is 0 Å². The van der Waals surface area contributed by atoms with Gasteiger partial charge in [0.25, 0.3) is 0 Å². The standard InChI is InChI=1S/C15H25Cl2N3/c1-3-13-15(17)14(20(4-2)18-13)11-19(10-6-9-16)12-7-5-8-12/h12H,3-11H2,1-2H3. The van der Waals surface area contributed by atoms with Crippen LogP contribution in [0, 0.1) is 0 Å². The minimum Gasteiger partial charge on any atom is -0.294 e. The molecule has 0 bridgehead atoms. The van der Waals surface area contributed by atoms with E-state index in [1.807, 2.05) is 0 Å². The largest absolute Gasteiger partial charge is 0.294 e. The molecule has 0 unspecified atom stereocenters. The lowest BCUT2D eigenvalue weighted by atomic mass is 9.91. The van der Waals surface area contributed by atoms with Gasteiger partial charge in [-0.3, -0.25) is 9.58 Å². The van der Waals surface area contributed by atoms with Crippen LogP contribution >= 0.6 is 23.2 Å². The van der Waals surface area contributed by atoms with E-state index in [2.05, 4.69) is 28.5 Å². The topological polar surface area (TPSA) is 21.1 Å². The van der Waals surface area contributed by atoms with E-state index in [4.69, 9.17) is 23.2 Å². The van der Waals surface area contributed by atoms with Crippen molar-refractivity contribution < 1.29 is 0 Å². The molecule has 0 saturated heterocycles. The van der Waals surface area contributed by atoms with Gasteiger partial charge in [-0.05, 0) is 39.2 Å². The van der Waals surface area contributed by atoms with Gasteiger partial charge in [0.15, 0.2) is 0 Å². The summed E-state index contributed by atoms with van der Waals surface area (Å²) in [5.41, 5.74) is 2.20. The highest BCUT2D eigenvalue weighted by Gasteiger charge is 2.26. The summed E-state index contributed by atoms with van der Waals surface area (Å²) >= 11 is 12.4. The molecule has 114 valence electrons. The van der Waals surface area contributed by atoms with E-state index >= 15 is 0 Å². The first kappa shape index (κ1) is 16.1. The lowest BCUT2D eigenvalue weighted by molar-refractivity contribution is 0.116. The maximum atomic E-state index is 6.52. The summed E-state index contributed by atoms with van der Waals surface area (Å²) in [6.45, 7) is 7.07. The zero-order valence-electron chi connectivity index (χ0n) is 12.5. The molecule has 0 spiro atoms. The summed E-state index contributed by atoms with van der Waals surface area (Å²) in [5, 5.41) is 5.48. The summed E-state index contributed by atoms with van der Waals surface area (Å²) in [6.07, 6.45) is 5.89. The maximum Gasteiger partial charge on any atom is 0.0863 e. The zero-order chi connectivity index (χ0) is 14.5. The molecular weight excluding hydrogens is 293 g/mol. The molecule has 1 aromatic rings. The van der Waals surface area contributed by atoms with Gasteiger partial charge in [-0.2, -0.15) is 5.10 Å². The number of hydrogen-bond donors (Lipinski definition) is 0. The zero-order valence-corrected chi connectivity index (χ0v) is 14.1. The molecule has 0 aliphatic heterocycles. The second-order valence-electron chi connectivity index (χ2n) is 5.47. The lowest BCUT2D eigenvalue weighted by Crippen LogP contribution is -2.40. The van der Waals surface area contributed by atoms with E-state index in [9.17, 15) is 0 Å². The molecule has 1 aromatic heterocycles. The fraction of sp³-hybridized carbons (Fsp3) is 0.800. The lowest BCUT2D eigenvalue weighted by Gasteiger charge is -2.37. The summed E-state index contributed by atoms with van der Waals surface area (Å²) in [7, 11) is 0. The molecule has 1 heterocycles. The molecule has 1 aliphatic carbocycles. The molecule has 0 aromatic carbocycles. The molecule has 0 radical (unpaired) electrons. The van der Waals surface area contributed by atoms with Crippen molar-refractivity contribution in [2.75, 3.05) is 12.4 Å². The van der Waals surface area contributed by atoms with Gasteiger partial charge in [0.05, 0.1) is 16.4 Å². The second kappa shape index (κ2) is 7.67. The summed E-state index contributed by atoms with van der Waals surface area (Å²) < 4.78 is 2.06. The van der Waals surface area contributed by atoms with Crippen LogP contribution in [0.2, 0.25) is 5.02 Å². The average molecular weight is 318 g/mol. The minimum absolute atomic E-state index is 0.708. The fourth-order valence-electron chi connectivity index (χ4n) is 2.77. The molecule has 1 fully saturated rings. The Labute approximate surface area is 132 Å². The van der Waals surface area contributed by atoms with Crippen LogP contribution in [0.25, 0.3) is 0 Å². The Balaban J connectivity index is 2.14. The Kier molecular flexibility index (Phi) is 6.19. The molecule has 1 aliphatic rings. The van der Waals surface area contributed by atoms with Crippen molar-refractivity contribution in [1.82, 2.24) is 14.7 Å². The Hall–Kier alpha value is -0.250. The Bertz CT molecular complexity index is 427. The van der Waals surface area contributed by atoms with Crippen molar-refractivity contribution in [3.8, 4) is 0 Å². The molecule has 5 heteroatoms. The molecule has 0 amide bonds. The average Bonchev–Trinajstić information content (AvgIpc) is 2.70. The number of alkyl halides is 1. The first-order chi connectivity index (χ1) is 9.71. The third kappa shape index (κ3) is 3.49. The quantitative estimate of drug-likeness (QED) is 0.673. The van der Waals surface area contributed by atoms with Crippen LogP contribution in [0.1, 0.15) is 50.9 Å². The molecule has 3 nitrogen and oxygen atoms in total. The molecule has 1 saturated carbocycles. The van der Waals surface area contributed by atoms with E-state index in [1.54, 1.807) is 0 Å². The summed E-state index contributed by atoms with van der Waals surface area (Å²) in [5.74, 6) is 0.726. The van der Waals surface area contributed by atoms with Gasteiger partial charge in [-0.15, -0.1) is 11.6 Å². The highest BCUT2D eigenvalue weighted by Crippen LogP contribution is 2.29. The van der Waals surface area contributed by atoms with Crippen LogP contribution < -0.4 is 0 Å². The molecule has 0 atom stereocenters. The van der Waals surface area contributed by atoms with E-state index < -0.39 is 0 Å². The highest BCUT2D eigenvalue weighted by molar-refractivity contribution is 6.31. The smallest absolute Gasteiger partial charge is 0.0863 e. The summed E-state index contributed by atoms with van der Waals surface area (Å²) in [4.78, 5) is 2.54. The van der Waals surface area contributed by atoms with E-state index in [1.165, 1.54) is 25.0 Å². The van der Waals surface area contributed by atoms with Gasteiger partial charge in [0, 0.05) is 25.0 Å². The number of aromatic nitrogens is 2. The van der Waals surface area contributed by atoms with Gasteiger partial charge in [0.1, 0.15) is 0 Å². The molecule has 0 N–H and O–H groups in total. The molecule has 20 heavy (non-hydrogen) atoms. The number of nitrogens with zero attached hydrogens (tertiary/aromatic N) is 3. The Morgan fingerprint density at radius 1 is 1.35 bits per heavy atom. The normalized spacial score (nSPS) is 15.8. The van der Waals surface area contributed by atoms with Crippen LogP contribution in [0.15, 0.2) is 0 Å². The van der Waals surface area contributed by atoms with Crippen molar-refractivity contribution in [2.45, 2.75) is 65.1 Å². The van der Waals surface area contributed by atoms with Crippen LogP contribution in [-0.2, 0) is 19.5 Å². The minimum atomic E-state index is 0.708. The SMILES string of the molecule is CCc1nn(CC)c(CN(CCCCl)C2CCC2)c1Cl. The first-order valence-corrected chi connectivity index (χ1v) is 8.66. The maximum absolute atomic E-state index is 6.52. The molecule has 2 rings (SSSR count). The van der Waals surface area contributed by atoms with Crippen LogP contribution in [-0.4, -0.2) is 33.1 Å². The van der Waals surface area contributed by atoms with Gasteiger partial charge < -0.3 is 0 Å². The third-order valence-electron chi connectivity index (χ3n) is 4.22.